The maximum absolute atomic E-state index is 12.7. The average molecular weight is 421 g/mol. The average Bonchev–Trinajstić information content (AvgIpc) is 3.36. The first-order valence-corrected chi connectivity index (χ1v) is 10.1. The number of methoxy groups -OCH3 is 1. The summed E-state index contributed by atoms with van der Waals surface area (Å²) in [5.74, 6) is -1.28. The number of anilines is 3. The van der Waals surface area contributed by atoms with E-state index in [1.54, 1.807) is 41.0 Å². The second kappa shape index (κ2) is 8.22. The van der Waals surface area contributed by atoms with Crippen molar-refractivity contribution in [3.8, 4) is 0 Å². The molecule has 8 nitrogen and oxygen atoms in total. The van der Waals surface area contributed by atoms with Gasteiger partial charge in [0.15, 0.2) is 0 Å². The van der Waals surface area contributed by atoms with E-state index in [0.717, 1.165) is 23.4 Å². The molecule has 1 atom stereocenters. The van der Waals surface area contributed by atoms with Crippen molar-refractivity contribution in [2.24, 2.45) is 5.92 Å². The van der Waals surface area contributed by atoms with Crippen LogP contribution >= 0.6 is 0 Å². The Kier molecular flexibility index (Phi) is 5.46. The van der Waals surface area contributed by atoms with Crippen LogP contribution in [0.25, 0.3) is 0 Å². The highest BCUT2D eigenvalue weighted by Crippen LogP contribution is 2.34. The molecule has 1 saturated heterocycles. The molecule has 2 aromatic rings. The zero-order valence-corrected chi connectivity index (χ0v) is 17.4. The van der Waals surface area contributed by atoms with E-state index in [1.807, 2.05) is 18.2 Å². The van der Waals surface area contributed by atoms with Crippen LogP contribution in [0.5, 0.6) is 0 Å². The third kappa shape index (κ3) is 4.01. The minimum absolute atomic E-state index is 0.0000952. The minimum Gasteiger partial charge on any atom is -0.465 e. The summed E-state index contributed by atoms with van der Waals surface area (Å²) in [4.78, 5) is 51.9. The fourth-order valence-corrected chi connectivity index (χ4v) is 4.07. The normalized spacial score (nSPS) is 17.5. The van der Waals surface area contributed by atoms with E-state index in [1.165, 1.54) is 7.11 Å². The molecule has 8 heteroatoms. The number of carbonyl (C=O) groups excluding carboxylic acids is 4. The standard InChI is InChI=1S/C23H23N3O5/c1-14(27)25-10-9-16-11-19(7-8-20(16)25)26-13-17(12-21(26)28)22(29)24-18-5-3-15(4-6-18)23(30)31-2/h3-8,11,17H,9-10,12-13H2,1-2H3,(H,24,29)/t17-/m1/s1. The number of nitrogens with one attached hydrogen (secondary N) is 1. The van der Waals surface area contributed by atoms with Crippen LogP contribution < -0.4 is 15.1 Å². The second-order valence-electron chi connectivity index (χ2n) is 7.70. The zero-order valence-electron chi connectivity index (χ0n) is 17.4. The number of carbonyl (C=O) groups is 4. The van der Waals surface area contributed by atoms with Crippen molar-refractivity contribution in [2.45, 2.75) is 19.8 Å². The van der Waals surface area contributed by atoms with Gasteiger partial charge in [-0.3, -0.25) is 14.4 Å². The highest BCUT2D eigenvalue weighted by Gasteiger charge is 2.36. The molecule has 1 N–H and O–H groups in total. The van der Waals surface area contributed by atoms with E-state index in [-0.39, 0.29) is 24.1 Å². The van der Waals surface area contributed by atoms with Crippen LogP contribution in [0, 0.1) is 5.92 Å². The SMILES string of the molecule is COC(=O)c1ccc(NC(=O)[C@@H]2CC(=O)N(c3ccc4c(c3)CCN4C(C)=O)C2)cc1. The van der Waals surface area contributed by atoms with Gasteiger partial charge in [-0.25, -0.2) is 4.79 Å². The maximum atomic E-state index is 12.7. The molecule has 31 heavy (non-hydrogen) atoms. The maximum Gasteiger partial charge on any atom is 0.337 e. The van der Waals surface area contributed by atoms with Gasteiger partial charge in [-0.2, -0.15) is 0 Å². The molecule has 3 amide bonds. The summed E-state index contributed by atoms with van der Waals surface area (Å²) in [7, 11) is 1.31. The van der Waals surface area contributed by atoms with Gasteiger partial charge in [-0.05, 0) is 54.4 Å². The molecule has 160 valence electrons. The number of benzene rings is 2. The Bertz CT molecular complexity index is 1060. The van der Waals surface area contributed by atoms with Gasteiger partial charge in [-0.15, -0.1) is 0 Å². The number of amides is 3. The van der Waals surface area contributed by atoms with Crippen molar-refractivity contribution in [1.82, 2.24) is 0 Å². The van der Waals surface area contributed by atoms with Crippen molar-refractivity contribution in [3.63, 3.8) is 0 Å². The molecule has 0 aromatic heterocycles. The molecule has 2 aromatic carbocycles. The fraction of sp³-hybridized carbons (Fsp3) is 0.304. The highest BCUT2D eigenvalue weighted by atomic mass is 16.5. The van der Waals surface area contributed by atoms with Crippen LogP contribution in [-0.4, -0.2) is 43.9 Å². The van der Waals surface area contributed by atoms with E-state index in [9.17, 15) is 19.2 Å². The van der Waals surface area contributed by atoms with Gasteiger partial charge in [0.25, 0.3) is 0 Å². The summed E-state index contributed by atoms with van der Waals surface area (Å²) in [5, 5.41) is 2.81. The number of hydrogen-bond donors (Lipinski definition) is 1. The van der Waals surface area contributed by atoms with Crippen LogP contribution in [0.4, 0.5) is 17.1 Å². The monoisotopic (exact) mass is 421 g/mol. The van der Waals surface area contributed by atoms with Gasteiger partial charge in [0.05, 0.1) is 18.6 Å². The van der Waals surface area contributed by atoms with Crippen LogP contribution in [0.15, 0.2) is 42.5 Å². The Morgan fingerprint density at radius 3 is 2.52 bits per heavy atom. The number of hydrogen-bond acceptors (Lipinski definition) is 5. The minimum atomic E-state index is -0.477. The summed E-state index contributed by atoms with van der Waals surface area (Å²) in [5.41, 5.74) is 3.59. The lowest BCUT2D eigenvalue weighted by atomic mass is 10.1. The van der Waals surface area contributed by atoms with Gasteiger partial charge >= 0.3 is 5.97 Å². The third-order valence-corrected chi connectivity index (χ3v) is 5.72. The lowest BCUT2D eigenvalue weighted by Gasteiger charge is -2.19. The Morgan fingerprint density at radius 2 is 1.84 bits per heavy atom. The summed E-state index contributed by atoms with van der Waals surface area (Å²) in [6.07, 6.45) is 0.874. The molecule has 0 unspecified atom stereocenters. The Labute approximate surface area is 179 Å². The Hall–Kier alpha value is -3.68. The van der Waals surface area contributed by atoms with Crippen molar-refractivity contribution in [3.05, 3.63) is 53.6 Å². The molecular weight excluding hydrogens is 398 g/mol. The molecule has 0 spiro atoms. The van der Waals surface area contributed by atoms with Crippen molar-refractivity contribution >= 4 is 40.8 Å². The van der Waals surface area contributed by atoms with Crippen LogP contribution in [0.2, 0.25) is 0 Å². The predicted octanol–water partition coefficient (Wildman–Crippen LogP) is 2.37. The topological polar surface area (TPSA) is 96.0 Å². The van der Waals surface area contributed by atoms with Crippen LogP contribution in [-0.2, 0) is 25.5 Å². The van der Waals surface area contributed by atoms with E-state index in [0.29, 0.717) is 24.3 Å². The van der Waals surface area contributed by atoms with E-state index in [2.05, 4.69) is 10.1 Å². The van der Waals surface area contributed by atoms with Gasteiger partial charge in [-0.1, -0.05) is 0 Å². The van der Waals surface area contributed by atoms with E-state index < -0.39 is 11.9 Å². The molecule has 2 heterocycles. The summed E-state index contributed by atoms with van der Waals surface area (Å²) >= 11 is 0. The van der Waals surface area contributed by atoms with Gasteiger partial charge < -0.3 is 19.9 Å². The second-order valence-corrected chi connectivity index (χ2v) is 7.70. The summed E-state index contributed by atoms with van der Waals surface area (Å²) < 4.78 is 4.66. The van der Waals surface area contributed by atoms with Crippen molar-refractivity contribution in [1.29, 1.82) is 0 Å². The smallest absolute Gasteiger partial charge is 0.337 e. The molecular formula is C23H23N3O5. The quantitative estimate of drug-likeness (QED) is 0.765. The van der Waals surface area contributed by atoms with E-state index in [4.69, 9.17) is 0 Å². The molecule has 0 aliphatic carbocycles. The molecule has 2 aliphatic rings. The highest BCUT2D eigenvalue weighted by molar-refractivity contribution is 6.04. The Morgan fingerprint density at radius 1 is 1.10 bits per heavy atom. The number of rotatable bonds is 4. The summed E-state index contributed by atoms with van der Waals surface area (Å²) in [6, 6.07) is 12.0. The van der Waals surface area contributed by atoms with Crippen molar-refractivity contribution in [2.75, 3.05) is 35.3 Å². The number of ether oxygens (including phenoxy) is 1. The first-order chi connectivity index (χ1) is 14.9. The number of nitrogens with zero attached hydrogens (tertiary/aromatic N) is 2. The lowest BCUT2D eigenvalue weighted by Crippen LogP contribution is -2.28. The van der Waals surface area contributed by atoms with Crippen LogP contribution in [0.1, 0.15) is 29.3 Å². The lowest BCUT2D eigenvalue weighted by molar-refractivity contribution is -0.122. The first-order valence-electron chi connectivity index (χ1n) is 10.1. The molecule has 1 fully saturated rings. The Balaban J connectivity index is 1.43. The first kappa shape index (κ1) is 20.6. The number of fused-ring (bicyclic) bond motifs is 1. The predicted molar refractivity (Wildman–Crippen MR) is 115 cm³/mol. The van der Waals surface area contributed by atoms with Gasteiger partial charge in [0, 0.05) is 43.5 Å². The number of esters is 1. The molecule has 4 rings (SSSR count). The molecule has 0 bridgehead atoms. The summed E-state index contributed by atoms with van der Waals surface area (Å²) in [6.45, 7) is 2.47. The van der Waals surface area contributed by atoms with Crippen LogP contribution in [0.3, 0.4) is 0 Å². The third-order valence-electron chi connectivity index (χ3n) is 5.72. The fourth-order valence-electron chi connectivity index (χ4n) is 4.07. The molecule has 0 saturated carbocycles. The van der Waals surface area contributed by atoms with Gasteiger partial charge in [0.2, 0.25) is 17.7 Å². The zero-order chi connectivity index (χ0) is 22.1. The largest absolute Gasteiger partial charge is 0.465 e. The van der Waals surface area contributed by atoms with Gasteiger partial charge in [0.1, 0.15) is 0 Å². The molecule has 2 aliphatic heterocycles. The molecule has 0 radical (unpaired) electrons. The van der Waals surface area contributed by atoms with E-state index >= 15 is 0 Å². The van der Waals surface area contributed by atoms with Crippen molar-refractivity contribution < 1.29 is 23.9 Å².